The summed E-state index contributed by atoms with van der Waals surface area (Å²) in [5.74, 6) is 0.810. The molecule has 0 aliphatic heterocycles. The lowest BCUT2D eigenvalue weighted by Crippen LogP contribution is -1.92. The summed E-state index contributed by atoms with van der Waals surface area (Å²) in [6, 6.07) is 9.95. The number of rotatable bonds is 1. The minimum atomic E-state index is 0.810. The van der Waals surface area contributed by atoms with Gasteiger partial charge >= 0.3 is 0 Å². The molecule has 0 saturated heterocycles. The molecule has 1 aliphatic rings. The first-order valence-electron chi connectivity index (χ1n) is 4.85. The number of hydrogen-bond acceptors (Lipinski definition) is 0. The van der Waals surface area contributed by atoms with Crippen LogP contribution in [0.3, 0.4) is 0 Å². The molecular weight excluding hydrogens is 144 g/mol. The molecule has 0 heteroatoms. The fourth-order valence-electron chi connectivity index (χ4n) is 2.08. The smallest absolute Gasteiger partial charge is 0.0114 e. The maximum absolute atomic E-state index is 3.45. The van der Waals surface area contributed by atoms with Crippen molar-refractivity contribution in [1.29, 1.82) is 0 Å². The molecule has 0 spiro atoms. The van der Waals surface area contributed by atoms with Gasteiger partial charge in [-0.05, 0) is 42.9 Å². The SMILES string of the molecule is Cc1[c]c(C2CCCC2)ccc1. The van der Waals surface area contributed by atoms with Crippen molar-refractivity contribution in [2.45, 2.75) is 38.5 Å². The summed E-state index contributed by atoms with van der Waals surface area (Å²) >= 11 is 0. The summed E-state index contributed by atoms with van der Waals surface area (Å²) in [7, 11) is 0. The van der Waals surface area contributed by atoms with Crippen LogP contribution in [0.1, 0.15) is 42.7 Å². The zero-order valence-electron chi connectivity index (χ0n) is 7.64. The third-order valence-electron chi connectivity index (χ3n) is 2.76. The fourth-order valence-corrected chi connectivity index (χ4v) is 2.08. The van der Waals surface area contributed by atoms with E-state index in [1.165, 1.54) is 36.8 Å². The van der Waals surface area contributed by atoms with E-state index in [2.05, 4.69) is 31.2 Å². The fraction of sp³-hybridized carbons (Fsp3) is 0.500. The predicted octanol–water partition coefficient (Wildman–Crippen LogP) is 3.45. The third kappa shape index (κ3) is 1.52. The highest BCUT2D eigenvalue weighted by Crippen LogP contribution is 2.33. The van der Waals surface area contributed by atoms with E-state index in [0.717, 1.165) is 5.92 Å². The zero-order chi connectivity index (χ0) is 8.39. The van der Waals surface area contributed by atoms with E-state index in [4.69, 9.17) is 0 Å². The van der Waals surface area contributed by atoms with Crippen LogP contribution in [0.25, 0.3) is 0 Å². The summed E-state index contributed by atoms with van der Waals surface area (Å²) in [4.78, 5) is 0. The zero-order valence-corrected chi connectivity index (χ0v) is 7.64. The highest BCUT2D eigenvalue weighted by molar-refractivity contribution is 5.24. The van der Waals surface area contributed by atoms with Crippen molar-refractivity contribution in [3.05, 3.63) is 35.4 Å². The van der Waals surface area contributed by atoms with Crippen LogP contribution in [-0.2, 0) is 0 Å². The molecule has 0 unspecified atom stereocenters. The Hall–Kier alpha value is -0.780. The van der Waals surface area contributed by atoms with Crippen LogP contribution in [0.15, 0.2) is 18.2 Å². The molecular formula is C12H15. The summed E-state index contributed by atoms with van der Waals surface area (Å²) < 4.78 is 0. The summed E-state index contributed by atoms with van der Waals surface area (Å²) in [5, 5.41) is 0. The molecule has 1 aromatic rings. The molecule has 1 aromatic carbocycles. The van der Waals surface area contributed by atoms with Gasteiger partial charge in [0.2, 0.25) is 0 Å². The molecule has 0 N–H and O–H groups in total. The van der Waals surface area contributed by atoms with Gasteiger partial charge in [0.05, 0.1) is 0 Å². The molecule has 12 heavy (non-hydrogen) atoms. The first-order chi connectivity index (χ1) is 5.86. The van der Waals surface area contributed by atoms with Gasteiger partial charge in [-0.3, -0.25) is 0 Å². The van der Waals surface area contributed by atoms with E-state index >= 15 is 0 Å². The van der Waals surface area contributed by atoms with E-state index in [1.807, 2.05) is 0 Å². The summed E-state index contributed by atoms with van der Waals surface area (Å²) in [5.41, 5.74) is 2.71. The van der Waals surface area contributed by atoms with Gasteiger partial charge in [-0.25, -0.2) is 0 Å². The number of hydrogen-bond donors (Lipinski definition) is 0. The van der Waals surface area contributed by atoms with Crippen molar-refractivity contribution in [2.24, 2.45) is 0 Å². The van der Waals surface area contributed by atoms with Crippen LogP contribution in [0, 0.1) is 13.0 Å². The van der Waals surface area contributed by atoms with E-state index in [0.29, 0.717) is 0 Å². The molecule has 0 amide bonds. The lowest BCUT2D eigenvalue weighted by atomic mass is 9.96. The number of aryl methyl sites for hydroxylation is 1. The first-order valence-corrected chi connectivity index (χ1v) is 4.85. The Labute approximate surface area is 74.6 Å². The summed E-state index contributed by atoms with van der Waals surface area (Å²) in [6.45, 7) is 2.12. The molecule has 1 fully saturated rings. The van der Waals surface area contributed by atoms with Gasteiger partial charge in [0.15, 0.2) is 0 Å². The minimum Gasteiger partial charge on any atom is -0.0617 e. The molecule has 0 nitrogen and oxygen atoms in total. The van der Waals surface area contributed by atoms with Gasteiger partial charge in [0.1, 0.15) is 0 Å². The van der Waals surface area contributed by atoms with E-state index in [-0.39, 0.29) is 0 Å². The average molecular weight is 159 g/mol. The van der Waals surface area contributed by atoms with Gasteiger partial charge in [-0.1, -0.05) is 31.0 Å². The van der Waals surface area contributed by atoms with E-state index < -0.39 is 0 Å². The molecule has 0 heterocycles. The Kier molecular flexibility index (Phi) is 2.16. The predicted molar refractivity (Wildman–Crippen MR) is 51.2 cm³/mol. The molecule has 1 saturated carbocycles. The van der Waals surface area contributed by atoms with Gasteiger partial charge in [-0.15, -0.1) is 0 Å². The first kappa shape index (κ1) is 7.85. The Morgan fingerprint density at radius 2 is 2.00 bits per heavy atom. The normalized spacial score (nSPS) is 18.4. The number of benzene rings is 1. The Bertz CT molecular complexity index is 256. The third-order valence-corrected chi connectivity index (χ3v) is 2.76. The van der Waals surface area contributed by atoms with Gasteiger partial charge < -0.3 is 0 Å². The molecule has 1 aliphatic carbocycles. The maximum Gasteiger partial charge on any atom is -0.0114 e. The van der Waals surface area contributed by atoms with Gasteiger partial charge in [0.25, 0.3) is 0 Å². The Balaban J connectivity index is 2.21. The van der Waals surface area contributed by atoms with Gasteiger partial charge in [0, 0.05) is 0 Å². The quantitative estimate of drug-likeness (QED) is 0.588. The molecule has 63 valence electrons. The molecule has 1 radical (unpaired) electrons. The van der Waals surface area contributed by atoms with Crippen molar-refractivity contribution < 1.29 is 0 Å². The van der Waals surface area contributed by atoms with Gasteiger partial charge in [-0.2, -0.15) is 0 Å². The van der Waals surface area contributed by atoms with Crippen LogP contribution < -0.4 is 0 Å². The van der Waals surface area contributed by atoms with Crippen LogP contribution in [0.2, 0.25) is 0 Å². The van der Waals surface area contributed by atoms with Crippen molar-refractivity contribution in [3.8, 4) is 0 Å². The van der Waals surface area contributed by atoms with Crippen LogP contribution >= 0.6 is 0 Å². The van der Waals surface area contributed by atoms with Crippen LogP contribution in [-0.4, -0.2) is 0 Å². The van der Waals surface area contributed by atoms with Crippen LogP contribution in [0.5, 0.6) is 0 Å². The average Bonchev–Trinajstić information content (AvgIpc) is 2.56. The van der Waals surface area contributed by atoms with Crippen molar-refractivity contribution in [2.75, 3.05) is 0 Å². The second-order valence-corrected chi connectivity index (χ2v) is 3.77. The Morgan fingerprint density at radius 1 is 1.25 bits per heavy atom. The van der Waals surface area contributed by atoms with Crippen molar-refractivity contribution >= 4 is 0 Å². The maximum atomic E-state index is 3.45. The molecule has 0 bridgehead atoms. The summed E-state index contributed by atoms with van der Waals surface area (Å²) in [6.07, 6.45) is 5.57. The second-order valence-electron chi connectivity index (χ2n) is 3.77. The van der Waals surface area contributed by atoms with E-state index in [9.17, 15) is 0 Å². The van der Waals surface area contributed by atoms with Crippen molar-refractivity contribution in [3.63, 3.8) is 0 Å². The monoisotopic (exact) mass is 159 g/mol. The molecule has 0 aromatic heterocycles. The highest BCUT2D eigenvalue weighted by atomic mass is 14.2. The standard InChI is InChI=1S/C12H15/c1-10-5-4-8-12(9-10)11-6-2-3-7-11/h4-5,8,11H,2-3,6-7H2,1H3. The topological polar surface area (TPSA) is 0 Å². The molecule has 2 rings (SSSR count). The van der Waals surface area contributed by atoms with E-state index in [1.54, 1.807) is 0 Å². The molecule has 0 atom stereocenters. The Morgan fingerprint density at radius 3 is 2.67 bits per heavy atom. The van der Waals surface area contributed by atoms with Crippen LogP contribution in [0.4, 0.5) is 0 Å². The lowest BCUT2D eigenvalue weighted by molar-refractivity contribution is 0.721. The van der Waals surface area contributed by atoms with Crippen molar-refractivity contribution in [1.82, 2.24) is 0 Å². The largest absolute Gasteiger partial charge is 0.0617 e. The second kappa shape index (κ2) is 3.30. The minimum absolute atomic E-state index is 0.810. The highest BCUT2D eigenvalue weighted by Gasteiger charge is 2.16. The lowest BCUT2D eigenvalue weighted by Gasteiger charge is -2.08.